The van der Waals surface area contributed by atoms with Crippen LogP contribution in [0.15, 0.2) is 54.9 Å². The fourth-order valence-corrected chi connectivity index (χ4v) is 3.85. The van der Waals surface area contributed by atoms with Crippen molar-refractivity contribution in [2.45, 2.75) is 44.8 Å². The van der Waals surface area contributed by atoms with Crippen molar-refractivity contribution in [1.29, 1.82) is 0 Å². The number of aromatic nitrogens is 1. The molecule has 4 unspecified atom stereocenters. The number of allylic oxidation sites excluding steroid dienone is 2. The molecule has 124 valence electrons. The molecule has 1 aromatic heterocycles. The van der Waals surface area contributed by atoms with E-state index in [1.807, 2.05) is 18.5 Å². The lowest BCUT2D eigenvalue weighted by molar-refractivity contribution is 0.217. The van der Waals surface area contributed by atoms with Crippen LogP contribution in [0.25, 0.3) is 0 Å². The van der Waals surface area contributed by atoms with Crippen molar-refractivity contribution in [3.05, 3.63) is 66.0 Å². The van der Waals surface area contributed by atoms with Gasteiger partial charge in [-0.3, -0.25) is 4.98 Å². The van der Waals surface area contributed by atoms with E-state index in [2.05, 4.69) is 60.6 Å². The van der Waals surface area contributed by atoms with Gasteiger partial charge in [0.25, 0.3) is 0 Å². The van der Waals surface area contributed by atoms with E-state index in [-0.39, 0.29) is 6.10 Å². The Balaban J connectivity index is 1.68. The second-order valence-corrected chi connectivity index (χ2v) is 6.85. The molecule has 0 amide bonds. The summed E-state index contributed by atoms with van der Waals surface area (Å²) in [6.45, 7) is 4.27. The number of nitrogens with zero attached hydrogens (tertiary/aromatic N) is 1. The molecule has 3 heteroatoms. The summed E-state index contributed by atoms with van der Waals surface area (Å²) in [7, 11) is 0. The van der Waals surface area contributed by atoms with E-state index >= 15 is 0 Å². The van der Waals surface area contributed by atoms with Crippen molar-refractivity contribution in [3.8, 4) is 5.75 Å². The number of ether oxygens (including phenoxy) is 1. The molecule has 0 saturated carbocycles. The minimum Gasteiger partial charge on any atom is -0.491 e. The number of benzene rings is 1. The van der Waals surface area contributed by atoms with E-state index < -0.39 is 0 Å². The van der Waals surface area contributed by atoms with Gasteiger partial charge in [-0.1, -0.05) is 25.1 Å². The number of anilines is 1. The van der Waals surface area contributed by atoms with Gasteiger partial charge < -0.3 is 10.1 Å². The molecule has 2 aromatic rings. The van der Waals surface area contributed by atoms with Gasteiger partial charge >= 0.3 is 0 Å². The SMILES string of the molecule is CCC(C)Oc1ccc2c(c1)C1C=CCC1C(c1cccnc1)N2. The topological polar surface area (TPSA) is 34.1 Å². The highest BCUT2D eigenvalue weighted by atomic mass is 16.5. The van der Waals surface area contributed by atoms with Gasteiger partial charge in [0.05, 0.1) is 12.1 Å². The largest absolute Gasteiger partial charge is 0.491 e. The summed E-state index contributed by atoms with van der Waals surface area (Å²) in [6, 6.07) is 11.0. The average Bonchev–Trinajstić information content (AvgIpc) is 3.12. The smallest absolute Gasteiger partial charge is 0.120 e. The fourth-order valence-electron chi connectivity index (χ4n) is 3.85. The minimum atomic E-state index is 0.248. The molecule has 2 heterocycles. The molecule has 4 atom stereocenters. The maximum atomic E-state index is 6.03. The molecule has 1 aliphatic heterocycles. The number of pyridine rings is 1. The van der Waals surface area contributed by atoms with Gasteiger partial charge in [-0.15, -0.1) is 0 Å². The van der Waals surface area contributed by atoms with Crippen LogP contribution in [0, 0.1) is 5.92 Å². The van der Waals surface area contributed by atoms with Crippen molar-refractivity contribution < 1.29 is 4.74 Å². The van der Waals surface area contributed by atoms with E-state index in [0.717, 1.165) is 18.6 Å². The maximum absolute atomic E-state index is 6.03. The molecule has 0 fully saturated rings. The van der Waals surface area contributed by atoms with Gasteiger partial charge in [0.1, 0.15) is 5.75 Å². The number of rotatable bonds is 4. The van der Waals surface area contributed by atoms with Crippen molar-refractivity contribution in [2.75, 3.05) is 5.32 Å². The van der Waals surface area contributed by atoms with Crippen LogP contribution in [0.3, 0.4) is 0 Å². The summed E-state index contributed by atoms with van der Waals surface area (Å²) in [5.41, 5.74) is 3.84. The monoisotopic (exact) mass is 320 g/mol. The Labute approximate surface area is 143 Å². The van der Waals surface area contributed by atoms with Crippen LogP contribution >= 0.6 is 0 Å². The number of fused-ring (bicyclic) bond motifs is 3. The van der Waals surface area contributed by atoms with Gasteiger partial charge in [0, 0.05) is 24.0 Å². The van der Waals surface area contributed by atoms with Crippen molar-refractivity contribution in [2.24, 2.45) is 5.92 Å². The normalized spacial score (nSPS) is 25.5. The van der Waals surface area contributed by atoms with Crippen LogP contribution in [-0.4, -0.2) is 11.1 Å². The van der Waals surface area contributed by atoms with E-state index in [4.69, 9.17) is 4.74 Å². The summed E-state index contributed by atoms with van der Waals surface area (Å²) in [5, 5.41) is 3.74. The zero-order valence-corrected chi connectivity index (χ0v) is 14.3. The number of hydrogen-bond acceptors (Lipinski definition) is 3. The predicted molar refractivity (Wildman–Crippen MR) is 97.4 cm³/mol. The molecule has 2 aliphatic rings. The van der Waals surface area contributed by atoms with Crippen LogP contribution in [0.1, 0.15) is 49.8 Å². The molecule has 0 bridgehead atoms. The van der Waals surface area contributed by atoms with E-state index in [1.54, 1.807) is 0 Å². The maximum Gasteiger partial charge on any atom is 0.120 e. The standard InChI is InChI=1S/C21H24N2O/c1-3-14(2)24-16-9-10-20-19(12-16)17-7-4-8-18(17)21(23-20)15-6-5-11-22-13-15/h4-7,9-14,17-18,21,23H,3,8H2,1-2H3. The van der Waals surface area contributed by atoms with E-state index in [0.29, 0.717) is 17.9 Å². The van der Waals surface area contributed by atoms with E-state index in [9.17, 15) is 0 Å². The average molecular weight is 320 g/mol. The highest BCUT2D eigenvalue weighted by molar-refractivity contribution is 5.61. The third kappa shape index (κ3) is 2.68. The van der Waals surface area contributed by atoms with Gasteiger partial charge in [-0.05, 0) is 61.1 Å². The number of hydrogen-bond donors (Lipinski definition) is 1. The lowest BCUT2D eigenvalue weighted by Crippen LogP contribution is -2.29. The molecule has 1 N–H and O–H groups in total. The number of nitrogens with one attached hydrogen (secondary N) is 1. The Bertz CT molecular complexity index is 741. The van der Waals surface area contributed by atoms with Gasteiger partial charge in [-0.2, -0.15) is 0 Å². The molecular formula is C21H24N2O. The van der Waals surface area contributed by atoms with Crippen LogP contribution in [-0.2, 0) is 0 Å². The molecule has 0 saturated heterocycles. The quantitative estimate of drug-likeness (QED) is 0.797. The van der Waals surface area contributed by atoms with Crippen molar-refractivity contribution >= 4 is 5.69 Å². The first-order chi connectivity index (χ1) is 11.8. The second-order valence-electron chi connectivity index (χ2n) is 6.85. The Morgan fingerprint density at radius 1 is 1.33 bits per heavy atom. The molecule has 1 aliphatic carbocycles. The molecule has 0 radical (unpaired) electrons. The summed E-state index contributed by atoms with van der Waals surface area (Å²) in [4.78, 5) is 4.31. The van der Waals surface area contributed by atoms with Crippen LogP contribution in [0.5, 0.6) is 5.75 Å². The second kappa shape index (κ2) is 6.31. The molecule has 0 spiro atoms. The lowest BCUT2D eigenvalue weighted by Gasteiger charge is -2.37. The third-order valence-corrected chi connectivity index (χ3v) is 5.29. The van der Waals surface area contributed by atoms with Gasteiger partial charge in [0.15, 0.2) is 0 Å². The molecule has 24 heavy (non-hydrogen) atoms. The summed E-state index contributed by atoms with van der Waals surface area (Å²) < 4.78 is 6.03. The van der Waals surface area contributed by atoms with Crippen molar-refractivity contribution in [3.63, 3.8) is 0 Å². The molecular weight excluding hydrogens is 296 g/mol. The summed E-state index contributed by atoms with van der Waals surface area (Å²) in [6.07, 6.45) is 10.9. The first kappa shape index (κ1) is 15.3. The first-order valence-corrected chi connectivity index (χ1v) is 8.90. The molecule has 1 aromatic carbocycles. The van der Waals surface area contributed by atoms with Gasteiger partial charge in [0.2, 0.25) is 0 Å². The highest BCUT2D eigenvalue weighted by Gasteiger charge is 2.38. The summed E-state index contributed by atoms with van der Waals surface area (Å²) in [5.74, 6) is 1.97. The van der Waals surface area contributed by atoms with Crippen LogP contribution in [0.2, 0.25) is 0 Å². The Morgan fingerprint density at radius 2 is 2.25 bits per heavy atom. The van der Waals surface area contributed by atoms with E-state index in [1.165, 1.54) is 16.8 Å². The van der Waals surface area contributed by atoms with Crippen LogP contribution < -0.4 is 10.1 Å². The summed E-state index contributed by atoms with van der Waals surface area (Å²) >= 11 is 0. The zero-order valence-electron chi connectivity index (χ0n) is 14.3. The Hall–Kier alpha value is -2.29. The molecule has 4 rings (SSSR count). The lowest BCUT2D eigenvalue weighted by atomic mass is 9.77. The van der Waals surface area contributed by atoms with Gasteiger partial charge in [-0.25, -0.2) is 0 Å². The van der Waals surface area contributed by atoms with Crippen LogP contribution in [0.4, 0.5) is 5.69 Å². The first-order valence-electron chi connectivity index (χ1n) is 8.90. The molecule has 3 nitrogen and oxygen atoms in total. The zero-order chi connectivity index (χ0) is 16.5. The minimum absolute atomic E-state index is 0.248. The Kier molecular flexibility index (Phi) is 4.01. The van der Waals surface area contributed by atoms with Crippen molar-refractivity contribution in [1.82, 2.24) is 4.98 Å². The fraction of sp³-hybridized carbons (Fsp3) is 0.381. The Morgan fingerprint density at radius 3 is 3.04 bits per heavy atom. The highest BCUT2D eigenvalue weighted by Crippen LogP contribution is 2.50. The predicted octanol–water partition coefficient (Wildman–Crippen LogP) is 5.09. The third-order valence-electron chi connectivity index (χ3n) is 5.29.